The molecule has 0 aliphatic heterocycles. The molecule has 1 aliphatic carbocycles. The van der Waals surface area contributed by atoms with Crippen LogP contribution in [0.25, 0.3) is 0 Å². The molecule has 1 aromatic rings. The van der Waals surface area contributed by atoms with E-state index < -0.39 is 0 Å². The molecule has 2 atom stereocenters. The Balaban J connectivity index is 1.77. The molecule has 0 saturated heterocycles. The van der Waals surface area contributed by atoms with E-state index in [-0.39, 0.29) is 36.0 Å². The predicted octanol–water partition coefficient (Wildman–Crippen LogP) is 1.97. The lowest BCUT2D eigenvalue weighted by Crippen LogP contribution is -2.34. The van der Waals surface area contributed by atoms with Gasteiger partial charge in [-0.3, -0.25) is 4.79 Å². The number of amides is 1. The van der Waals surface area contributed by atoms with E-state index in [0.717, 1.165) is 6.42 Å². The summed E-state index contributed by atoms with van der Waals surface area (Å²) in [7, 11) is 0. The van der Waals surface area contributed by atoms with E-state index in [2.05, 4.69) is 5.32 Å². The number of aliphatic hydroxyl groups excluding tert-OH is 1. The first kappa shape index (κ1) is 14.1. The fourth-order valence-corrected chi connectivity index (χ4v) is 2.72. The van der Waals surface area contributed by atoms with Gasteiger partial charge in [0.1, 0.15) is 5.82 Å². The van der Waals surface area contributed by atoms with Gasteiger partial charge < -0.3 is 10.4 Å². The monoisotopic (exact) mass is 281 g/mol. The molecule has 0 heterocycles. The molecule has 1 amide bonds. The highest BCUT2D eigenvalue weighted by Gasteiger charge is 2.19. The predicted molar refractivity (Wildman–Crippen MR) is 73.4 cm³/mol. The molecule has 0 unspecified atom stereocenters. The lowest BCUT2D eigenvalue weighted by molar-refractivity contribution is -0.119. The van der Waals surface area contributed by atoms with E-state index in [4.69, 9.17) is 5.11 Å². The maximum Gasteiger partial charge on any atom is 0.230 e. The van der Waals surface area contributed by atoms with Crippen LogP contribution in [0.15, 0.2) is 41.3 Å². The average molecular weight is 281 g/mol. The minimum absolute atomic E-state index is 0.0223. The number of carbonyl (C=O) groups is 1. The van der Waals surface area contributed by atoms with Crippen molar-refractivity contribution in [3.05, 3.63) is 42.2 Å². The van der Waals surface area contributed by atoms with Gasteiger partial charge in [-0.15, -0.1) is 11.8 Å². The van der Waals surface area contributed by atoms with Gasteiger partial charge >= 0.3 is 0 Å². The van der Waals surface area contributed by atoms with Crippen molar-refractivity contribution >= 4 is 17.7 Å². The summed E-state index contributed by atoms with van der Waals surface area (Å²) >= 11 is 1.18. The van der Waals surface area contributed by atoms with Crippen molar-refractivity contribution in [3.8, 4) is 0 Å². The highest BCUT2D eigenvalue weighted by molar-refractivity contribution is 8.00. The molecule has 0 fully saturated rings. The van der Waals surface area contributed by atoms with Gasteiger partial charge in [0.2, 0.25) is 5.91 Å². The normalized spacial score (nSPS) is 21.6. The zero-order chi connectivity index (χ0) is 13.7. The first-order valence-electron chi connectivity index (χ1n) is 6.15. The van der Waals surface area contributed by atoms with Crippen molar-refractivity contribution in [2.75, 3.05) is 12.4 Å². The van der Waals surface area contributed by atoms with Crippen LogP contribution >= 0.6 is 11.8 Å². The van der Waals surface area contributed by atoms with Gasteiger partial charge in [-0.2, -0.15) is 0 Å². The number of thioether (sulfide) groups is 1. The number of carbonyl (C=O) groups excluding carboxylic acids is 1. The van der Waals surface area contributed by atoms with Crippen LogP contribution in [0.2, 0.25) is 0 Å². The highest BCUT2D eigenvalue weighted by atomic mass is 32.2. The molecule has 3 nitrogen and oxygen atoms in total. The van der Waals surface area contributed by atoms with E-state index in [9.17, 15) is 9.18 Å². The van der Waals surface area contributed by atoms with Gasteiger partial charge in [-0.25, -0.2) is 4.39 Å². The minimum atomic E-state index is -0.304. The number of halogens is 1. The van der Waals surface area contributed by atoms with Crippen LogP contribution in [0.4, 0.5) is 4.39 Å². The second-order valence-electron chi connectivity index (χ2n) is 4.46. The van der Waals surface area contributed by atoms with E-state index in [0.29, 0.717) is 4.90 Å². The molecule has 0 saturated carbocycles. The molecule has 0 bridgehead atoms. The third kappa shape index (κ3) is 4.08. The second-order valence-corrected chi connectivity index (χ2v) is 5.47. The lowest BCUT2D eigenvalue weighted by Gasteiger charge is -2.12. The van der Waals surface area contributed by atoms with Gasteiger partial charge in [-0.05, 0) is 18.6 Å². The number of aliphatic hydroxyl groups is 1. The molecular weight excluding hydrogens is 265 g/mol. The van der Waals surface area contributed by atoms with Crippen molar-refractivity contribution < 1.29 is 14.3 Å². The Labute approximate surface area is 115 Å². The van der Waals surface area contributed by atoms with Gasteiger partial charge in [0.05, 0.1) is 5.75 Å². The molecule has 0 radical (unpaired) electrons. The Morgan fingerprint density at radius 3 is 2.89 bits per heavy atom. The number of nitrogens with one attached hydrogen (secondary N) is 1. The molecule has 1 aliphatic rings. The third-order valence-electron chi connectivity index (χ3n) is 2.95. The summed E-state index contributed by atoms with van der Waals surface area (Å²) in [4.78, 5) is 12.2. The molecule has 19 heavy (non-hydrogen) atoms. The van der Waals surface area contributed by atoms with E-state index in [1.807, 2.05) is 12.2 Å². The summed E-state index contributed by atoms with van der Waals surface area (Å²) in [6.07, 6.45) is 4.54. The molecular formula is C14H16FNO2S. The van der Waals surface area contributed by atoms with Crippen molar-refractivity contribution in [2.24, 2.45) is 5.92 Å². The standard InChI is InChI=1S/C14H16FNO2S/c15-12-3-1-2-4-13(12)19-9-14(18)16-11-6-5-10(7-11)8-17/h1-6,10-11,17H,7-9H2,(H,16,18)/t10-,11+/m0/s1. The van der Waals surface area contributed by atoms with Gasteiger partial charge in [-0.1, -0.05) is 24.3 Å². The lowest BCUT2D eigenvalue weighted by atomic mass is 10.1. The first-order chi connectivity index (χ1) is 9.19. The molecule has 2 rings (SSSR count). The van der Waals surface area contributed by atoms with Crippen LogP contribution < -0.4 is 5.32 Å². The van der Waals surface area contributed by atoms with Crippen LogP contribution in [0.3, 0.4) is 0 Å². The summed E-state index contributed by atoms with van der Waals surface area (Å²) in [5.41, 5.74) is 0. The molecule has 5 heteroatoms. The van der Waals surface area contributed by atoms with Crippen molar-refractivity contribution in [1.29, 1.82) is 0 Å². The summed E-state index contributed by atoms with van der Waals surface area (Å²) in [6.45, 7) is 0.104. The Morgan fingerprint density at radius 1 is 1.42 bits per heavy atom. The van der Waals surface area contributed by atoms with Crippen LogP contribution in [-0.4, -0.2) is 29.4 Å². The summed E-state index contributed by atoms with van der Waals surface area (Å²) in [6, 6.07) is 6.38. The maximum absolute atomic E-state index is 13.4. The summed E-state index contributed by atoms with van der Waals surface area (Å²) in [5.74, 6) is -0.109. The SMILES string of the molecule is O=C(CSc1ccccc1F)N[C@@H]1C=C[C@H](CO)C1. The van der Waals surface area contributed by atoms with Gasteiger partial charge in [0, 0.05) is 23.5 Å². The molecule has 0 aromatic heterocycles. The number of benzene rings is 1. The van der Waals surface area contributed by atoms with E-state index >= 15 is 0 Å². The van der Waals surface area contributed by atoms with Crippen molar-refractivity contribution in [2.45, 2.75) is 17.4 Å². The van der Waals surface area contributed by atoms with Crippen LogP contribution in [0.5, 0.6) is 0 Å². The summed E-state index contributed by atoms with van der Waals surface area (Å²) < 4.78 is 13.4. The Hall–Kier alpha value is -1.33. The van der Waals surface area contributed by atoms with Crippen LogP contribution in [-0.2, 0) is 4.79 Å². The fourth-order valence-electron chi connectivity index (χ4n) is 1.97. The summed E-state index contributed by atoms with van der Waals surface area (Å²) in [5, 5.41) is 11.8. The van der Waals surface area contributed by atoms with E-state index in [1.165, 1.54) is 17.8 Å². The van der Waals surface area contributed by atoms with Crippen molar-refractivity contribution in [3.63, 3.8) is 0 Å². The molecule has 0 spiro atoms. The van der Waals surface area contributed by atoms with Crippen LogP contribution in [0.1, 0.15) is 6.42 Å². The fraction of sp³-hybridized carbons (Fsp3) is 0.357. The molecule has 2 N–H and O–H groups in total. The minimum Gasteiger partial charge on any atom is -0.396 e. The maximum atomic E-state index is 13.4. The second kappa shape index (κ2) is 6.73. The van der Waals surface area contributed by atoms with Crippen LogP contribution in [0, 0.1) is 11.7 Å². The zero-order valence-corrected chi connectivity index (χ0v) is 11.2. The quantitative estimate of drug-likeness (QED) is 0.641. The van der Waals surface area contributed by atoms with E-state index in [1.54, 1.807) is 18.2 Å². The Morgan fingerprint density at radius 2 is 2.21 bits per heavy atom. The molecule has 1 aromatic carbocycles. The Kier molecular flexibility index (Phi) is 4.99. The van der Waals surface area contributed by atoms with Gasteiger partial charge in [0.15, 0.2) is 0 Å². The number of rotatable bonds is 5. The zero-order valence-electron chi connectivity index (χ0n) is 10.4. The smallest absolute Gasteiger partial charge is 0.230 e. The Bertz CT molecular complexity index is 478. The number of hydrogen-bond donors (Lipinski definition) is 2. The third-order valence-corrected chi connectivity index (χ3v) is 4.00. The largest absolute Gasteiger partial charge is 0.396 e. The highest BCUT2D eigenvalue weighted by Crippen LogP contribution is 2.21. The average Bonchev–Trinajstić information content (AvgIpc) is 2.85. The van der Waals surface area contributed by atoms with Gasteiger partial charge in [0.25, 0.3) is 0 Å². The van der Waals surface area contributed by atoms with Crippen molar-refractivity contribution in [1.82, 2.24) is 5.32 Å². The first-order valence-corrected chi connectivity index (χ1v) is 7.13. The molecule has 102 valence electrons. The number of hydrogen-bond acceptors (Lipinski definition) is 3. The topological polar surface area (TPSA) is 49.3 Å².